The van der Waals surface area contributed by atoms with E-state index in [0.29, 0.717) is 27.8 Å². The SMILES string of the molecule is O=C1NC(=S)N(c2ccc(Oc3ccccc3)cc2)C(=O)/C1=C\c1cccnc1Sc1ccc(Br)cc1. The van der Waals surface area contributed by atoms with Crippen molar-refractivity contribution in [2.75, 3.05) is 4.90 Å². The maximum Gasteiger partial charge on any atom is 0.270 e. The van der Waals surface area contributed by atoms with Crippen LogP contribution in [0.3, 0.4) is 0 Å². The number of carbonyl (C=O) groups is 2. The van der Waals surface area contributed by atoms with Crippen LogP contribution in [0.4, 0.5) is 5.69 Å². The van der Waals surface area contributed by atoms with Crippen molar-refractivity contribution < 1.29 is 14.3 Å². The summed E-state index contributed by atoms with van der Waals surface area (Å²) in [5, 5.41) is 3.30. The lowest BCUT2D eigenvalue weighted by Gasteiger charge is -2.29. The average molecular weight is 589 g/mol. The molecular formula is C28H18BrN3O3S2. The summed E-state index contributed by atoms with van der Waals surface area (Å²) in [4.78, 5) is 33.0. The van der Waals surface area contributed by atoms with Gasteiger partial charge in [-0.05, 0) is 85.0 Å². The third kappa shape index (κ3) is 5.80. The van der Waals surface area contributed by atoms with E-state index in [0.717, 1.165) is 9.37 Å². The van der Waals surface area contributed by atoms with Crippen LogP contribution in [-0.2, 0) is 9.59 Å². The molecule has 6 nitrogen and oxygen atoms in total. The lowest BCUT2D eigenvalue weighted by atomic mass is 10.1. The Morgan fingerprint density at radius 1 is 0.892 bits per heavy atom. The average Bonchev–Trinajstić information content (AvgIpc) is 2.90. The summed E-state index contributed by atoms with van der Waals surface area (Å²) in [6.07, 6.45) is 3.22. The van der Waals surface area contributed by atoms with E-state index < -0.39 is 11.8 Å². The minimum atomic E-state index is -0.557. The number of thiocarbonyl (C=S) groups is 1. The Bertz CT molecular complexity index is 1510. The van der Waals surface area contributed by atoms with Crippen LogP contribution in [0.2, 0.25) is 0 Å². The zero-order valence-electron chi connectivity index (χ0n) is 19.1. The number of benzene rings is 3. The second kappa shape index (κ2) is 11.1. The van der Waals surface area contributed by atoms with Crippen molar-refractivity contribution in [3.63, 3.8) is 0 Å². The molecule has 5 rings (SSSR count). The first-order valence-corrected chi connectivity index (χ1v) is 13.1. The van der Waals surface area contributed by atoms with E-state index in [1.807, 2.05) is 60.7 Å². The van der Waals surface area contributed by atoms with Gasteiger partial charge in [-0.2, -0.15) is 0 Å². The standard InChI is InChI=1S/C28H18BrN3O3S2/c29-19-8-14-23(15-9-19)37-26-18(5-4-16-30-26)17-24-25(33)31-28(36)32(27(24)34)20-10-12-22(13-11-20)35-21-6-2-1-3-7-21/h1-17H,(H,31,33,36)/b24-17-. The minimum absolute atomic E-state index is 0.0134. The van der Waals surface area contributed by atoms with Gasteiger partial charge in [0.1, 0.15) is 22.1 Å². The molecule has 0 spiro atoms. The second-order valence-corrected chi connectivity index (χ2v) is 10.2. The summed E-state index contributed by atoms with van der Waals surface area (Å²) >= 11 is 10.2. The van der Waals surface area contributed by atoms with Gasteiger partial charge in [0.05, 0.1) is 5.69 Å². The number of aromatic nitrogens is 1. The van der Waals surface area contributed by atoms with Crippen LogP contribution < -0.4 is 15.0 Å². The number of hydrogen-bond donors (Lipinski definition) is 1. The summed E-state index contributed by atoms with van der Waals surface area (Å²) < 4.78 is 6.80. The quantitative estimate of drug-likeness (QED) is 0.155. The minimum Gasteiger partial charge on any atom is -0.457 e. The number of hydrogen-bond acceptors (Lipinski definition) is 6. The van der Waals surface area contributed by atoms with Gasteiger partial charge in [0, 0.05) is 21.1 Å². The number of pyridine rings is 1. The molecule has 0 atom stereocenters. The maximum absolute atomic E-state index is 13.5. The van der Waals surface area contributed by atoms with Crippen LogP contribution in [-0.4, -0.2) is 21.9 Å². The van der Waals surface area contributed by atoms with E-state index in [9.17, 15) is 9.59 Å². The first-order chi connectivity index (χ1) is 18.0. The Balaban J connectivity index is 1.41. The molecule has 1 aliphatic rings. The number of nitrogens with one attached hydrogen (secondary N) is 1. The number of halogens is 1. The number of ether oxygens (including phenoxy) is 1. The van der Waals surface area contributed by atoms with Gasteiger partial charge in [-0.3, -0.25) is 19.8 Å². The summed E-state index contributed by atoms with van der Waals surface area (Å²) in [7, 11) is 0. The van der Waals surface area contributed by atoms with E-state index >= 15 is 0 Å². The van der Waals surface area contributed by atoms with Gasteiger partial charge in [0.15, 0.2) is 5.11 Å². The molecule has 182 valence electrons. The number of rotatable bonds is 6. The van der Waals surface area contributed by atoms with Gasteiger partial charge >= 0.3 is 0 Å². The molecule has 37 heavy (non-hydrogen) atoms. The zero-order chi connectivity index (χ0) is 25.8. The van der Waals surface area contributed by atoms with Crippen molar-refractivity contribution in [2.45, 2.75) is 9.92 Å². The third-order valence-electron chi connectivity index (χ3n) is 5.30. The molecule has 0 bridgehead atoms. The molecule has 1 N–H and O–H groups in total. The topological polar surface area (TPSA) is 71.5 Å². The molecular weight excluding hydrogens is 570 g/mol. The fourth-order valence-corrected chi connectivity index (χ4v) is 4.95. The maximum atomic E-state index is 13.5. The van der Waals surface area contributed by atoms with Crippen molar-refractivity contribution in [1.29, 1.82) is 0 Å². The molecule has 0 unspecified atom stereocenters. The van der Waals surface area contributed by atoms with E-state index in [-0.39, 0.29) is 10.7 Å². The highest BCUT2D eigenvalue weighted by molar-refractivity contribution is 9.10. The Labute approximate surface area is 231 Å². The highest BCUT2D eigenvalue weighted by Crippen LogP contribution is 2.32. The summed E-state index contributed by atoms with van der Waals surface area (Å²) in [5.74, 6) is 0.230. The molecule has 4 aromatic rings. The molecule has 9 heteroatoms. The molecule has 1 saturated heterocycles. The predicted molar refractivity (Wildman–Crippen MR) is 152 cm³/mol. The normalized spacial score (nSPS) is 14.6. The molecule has 1 aliphatic heterocycles. The van der Waals surface area contributed by atoms with Gasteiger partial charge in [-0.25, -0.2) is 4.98 Å². The van der Waals surface area contributed by atoms with Gasteiger partial charge in [-0.15, -0.1) is 0 Å². The van der Waals surface area contributed by atoms with Crippen LogP contribution in [0.1, 0.15) is 5.56 Å². The van der Waals surface area contributed by atoms with Gasteiger partial charge in [-0.1, -0.05) is 52.0 Å². The van der Waals surface area contributed by atoms with Crippen LogP contribution in [0.5, 0.6) is 11.5 Å². The Morgan fingerprint density at radius 2 is 1.59 bits per heavy atom. The van der Waals surface area contributed by atoms with Gasteiger partial charge in [0.2, 0.25) is 0 Å². The molecule has 0 radical (unpaired) electrons. The Hall–Kier alpha value is -3.79. The summed E-state index contributed by atoms with van der Waals surface area (Å²) in [5.41, 5.74) is 1.12. The first-order valence-electron chi connectivity index (χ1n) is 11.1. The monoisotopic (exact) mass is 587 g/mol. The molecule has 1 aromatic heterocycles. The molecule has 0 saturated carbocycles. The molecule has 1 fully saturated rings. The lowest BCUT2D eigenvalue weighted by Crippen LogP contribution is -2.54. The van der Waals surface area contributed by atoms with E-state index in [1.54, 1.807) is 42.6 Å². The van der Waals surface area contributed by atoms with Gasteiger partial charge in [0.25, 0.3) is 11.8 Å². The highest BCUT2D eigenvalue weighted by Gasteiger charge is 2.34. The largest absolute Gasteiger partial charge is 0.457 e. The number of anilines is 1. The van der Waals surface area contributed by atoms with Crippen LogP contribution in [0.25, 0.3) is 6.08 Å². The Morgan fingerprint density at radius 3 is 2.32 bits per heavy atom. The highest BCUT2D eigenvalue weighted by atomic mass is 79.9. The third-order valence-corrected chi connectivity index (χ3v) is 7.16. The van der Waals surface area contributed by atoms with Crippen LogP contribution in [0.15, 0.2) is 117 Å². The predicted octanol–water partition coefficient (Wildman–Crippen LogP) is 6.62. The van der Waals surface area contributed by atoms with Crippen molar-refractivity contribution in [1.82, 2.24) is 10.3 Å². The number of nitrogens with zero attached hydrogens (tertiary/aromatic N) is 2. The van der Waals surface area contributed by atoms with Crippen LogP contribution >= 0.6 is 39.9 Å². The number of carbonyl (C=O) groups excluding carboxylic acids is 2. The fraction of sp³-hybridized carbons (Fsp3) is 0. The number of amides is 2. The summed E-state index contributed by atoms with van der Waals surface area (Å²) in [6.45, 7) is 0. The van der Waals surface area contributed by atoms with Crippen molar-refractivity contribution in [3.8, 4) is 11.5 Å². The van der Waals surface area contributed by atoms with Crippen molar-refractivity contribution in [2.24, 2.45) is 0 Å². The van der Waals surface area contributed by atoms with Crippen molar-refractivity contribution >= 4 is 68.6 Å². The lowest BCUT2D eigenvalue weighted by molar-refractivity contribution is -0.122. The second-order valence-electron chi connectivity index (χ2n) is 7.82. The van der Waals surface area contributed by atoms with E-state index in [1.165, 1.54) is 16.7 Å². The molecule has 0 aliphatic carbocycles. The summed E-state index contributed by atoms with van der Waals surface area (Å²) in [6, 6.07) is 27.7. The fourth-order valence-electron chi connectivity index (χ4n) is 3.55. The van der Waals surface area contributed by atoms with E-state index in [4.69, 9.17) is 17.0 Å². The smallest absolute Gasteiger partial charge is 0.270 e. The first kappa shape index (κ1) is 24.9. The van der Waals surface area contributed by atoms with Crippen LogP contribution in [0, 0.1) is 0 Å². The van der Waals surface area contributed by atoms with Crippen molar-refractivity contribution in [3.05, 3.63) is 113 Å². The molecule has 3 aromatic carbocycles. The number of para-hydroxylation sites is 1. The zero-order valence-corrected chi connectivity index (χ0v) is 22.3. The molecule has 2 heterocycles. The van der Waals surface area contributed by atoms with Gasteiger partial charge < -0.3 is 4.74 Å². The Kier molecular flexibility index (Phi) is 7.45. The van der Waals surface area contributed by atoms with E-state index in [2.05, 4.69) is 26.2 Å². The molecule has 2 amide bonds.